The van der Waals surface area contributed by atoms with E-state index >= 15 is 0 Å². The van der Waals surface area contributed by atoms with E-state index in [0.29, 0.717) is 38.5 Å². The van der Waals surface area contributed by atoms with Gasteiger partial charge in [-0.15, -0.1) is 5.10 Å². The van der Waals surface area contributed by atoms with Crippen molar-refractivity contribution in [2.75, 3.05) is 14.2 Å². The molecule has 0 saturated heterocycles. The van der Waals surface area contributed by atoms with Crippen LogP contribution in [0.25, 0.3) is 5.69 Å². The largest absolute Gasteiger partial charge is 0.494 e. The highest BCUT2D eigenvalue weighted by atomic mass is 35.5. The molecule has 9 nitrogen and oxygen atoms in total. The third kappa shape index (κ3) is 4.95. The molecule has 1 unspecified atom stereocenters. The lowest BCUT2D eigenvalue weighted by Gasteiger charge is -2.25. The molecule has 1 aromatic heterocycles. The average Bonchev–Trinajstić information content (AvgIpc) is 3.40. The van der Waals surface area contributed by atoms with Crippen LogP contribution in [-0.2, 0) is 5.60 Å². The number of aromatic nitrogens is 3. The number of methoxy groups -OCH3 is 2. The first-order valence-electron chi connectivity index (χ1n) is 10.7. The van der Waals surface area contributed by atoms with Gasteiger partial charge in [0.1, 0.15) is 23.3 Å². The Hall–Kier alpha value is -3.76. The lowest BCUT2D eigenvalue weighted by Crippen LogP contribution is -2.71. The number of hydrogen-bond acceptors (Lipinski definition) is 7. The van der Waals surface area contributed by atoms with Gasteiger partial charge in [0, 0.05) is 16.1 Å². The lowest BCUT2D eigenvalue weighted by atomic mass is 9.88. The molecule has 0 fully saturated rings. The Bertz CT molecular complexity index is 1410. The van der Waals surface area contributed by atoms with Crippen LogP contribution in [0.1, 0.15) is 11.3 Å². The summed E-state index contributed by atoms with van der Waals surface area (Å²) in [6, 6.07) is 19.0. The van der Waals surface area contributed by atoms with Crippen molar-refractivity contribution < 1.29 is 19.9 Å². The van der Waals surface area contributed by atoms with Crippen LogP contribution in [-0.4, -0.2) is 34.3 Å². The summed E-state index contributed by atoms with van der Waals surface area (Å²) in [5, 5.41) is 26.8. The molecule has 0 bridgehead atoms. The third-order valence-electron chi connectivity index (χ3n) is 5.55. The Kier molecular flexibility index (Phi) is 7.66. The summed E-state index contributed by atoms with van der Waals surface area (Å²) in [6.45, 7) is 0. The topological polar surface area (TPSA) is 122 Å². The number of nitrogens with two attached hydrogens (primary N) is 1. The van der Waals surface area contributed by atoms with Crippen LogP contribution >= 0.6 is 23.2 Å². The van der Waals surface area contributed by atoms with Crippen molar-refractivity contribution in [1.82, 2.24) is 15.0 Å². The van der Waals surface area contributed by atoms with Gasteiger partial charge in [0.25, 0.3) is 0 Å². The average molecular weight is 526 g/mol. The van der Waals surface area contributed by atoms with Crippen LogP contribution in [0.4, 0.5) is 5.69 Å². The highest BCUT2D eigenvalue weighted by Crippen LogP contribution is 2.37. The van der Waals surface area contributed by atoms with Crippen LogP contribution in [0.5, 0.6) is 11.5 Å². The van der Waals surface area contributed by atoms with E-state index in [0.717, 1.165) is 0 Å². The minimum Gasteiger partial charge on any atom is -0.494 e. The fourth-order valence-electron chi connectivity index (χ4n) is 3.74. The highest BCUT2D eigenvalue weighted by Gasteiger charge is 2.41. The van der Waals surface area contributed by atoms with Gasteiger partial charge in [-0.2, -0.15) is 5.11 Å². The predicted octanol–water partition coefficient (Wildman–Crippen LogP) is 4.59. The number of nitrogens with one attached hydrogen (secondary N) is 1. The van der Waals surface area contributed by atoms with Gasteiger partial charge in [0.05, 0.1) is 20.4 Å². The number of nitrogens with zero attached hydrogens (tertiary/aromatic N) is 4. The van der Waals surface area contributed by atoms with Crippen molar-refractivity contribution in [3.8, 4) is 17.2 Å². The maximum atomic E-state index is 12.1. The number of hydrogen-bond donors (Lipinski definition) is 3. The van der Waals surface area contributed by atoms with Crippen molar-refractivity contribution in [2.45, 2.75) is 5.60 Å². The number of benzene rings is 3. The van der Waals surface area contributed by atoms with Crippen LogP contribution < -0.4 is 14.8 Å². The number of ether oxygens (including phenoxy) is 2. The minimum atomic E-state index is -1.91. The molecule has 4 N–H and O–H groups in total. The Balaban J connectivity index is 1.83. The van der Waals surface area contributed by atoms with Crippen molar-refractivity contribution >= 4 is 28.9 Å². The molecule has 36 heavy (non-hydrogen) atoms. The molecule has 4 rings (SSSR count). The molecule has 0 spiro atoms. The summed E-state index contributed by atoms with van der Waals surface area (Å²) in [5.74, 6) is 1.09. The molecule has 184 valence electrons. The van der Waals surface area contributed by atoms with Crippen LogP contribution in [0, 0.1) is 5.53 Å². The molecule has 4 aromatic rings. The molecule has 11 heteroatoms. The van der Waals surface area contributed by atoms with Gasteiger partial charge in [0.2, 0.25) is 0 Å². The zero-order valence-electron chi connectivity index (χ0n) is 19.4. The Morgan fingerprint density at radius 3 is 2.36 bits per heavy atom. The van der Waals surface area contributed by atoms with Gasteiger partial charge in [-0.25, -0.2) is 10.2 Å². The Morgan fingerprint density at radius 2 is 1.69 bits per heavy atom. The maximum absolute atomic E-state index is 12.1. The van der Waals surface area contributed by atoms with Crippen LogP contribution in [0.2, 0.25) is 10.0 Å². The lowest BCUT2D eigenvalue weighted by molar-refractivity contribution is -0.498. The zero-order chi connectivity index (χ0) is 25.7. The molecular weight excluding hydrogens is 503 g/mol. The van der Waals surface area contributed by atoms with E-state index in [4.69, 9.17) is 38.2 Å². The first kappa shape index (κ1) is 25.3. The Morgan fingerprint density at radius 1 is 1.03 bits per heavy atom. The predicted molar refractivity (Wildman–Crippen MR) is 135 cm³/mol. The molecule has 3 aromatic carbocycles. The zero-order valence-corrected chi connectivity index (χ0v) is 20.9. The summed E-state index contributed by atoms with van der Waals surface area (Å²) in [7, 11) is 3.08. The summed E-state index contributed by atoms with van der Waals surface area (Å²) >= 11 is 12.3. The molecule has 0 saturated carbocycles. The van der Waals surface area contributed by atoms with Gasteiger partial charge in [-0.05, 0) is 35.9 Å². The van der Waals surface area contributed by atoms with Crippen LogP contribution in [0.3, 0.4) is 0 Å². The normalized spacial score (nSPS) is 13.2. The van der Waals surface area contributed by atoms with Gasteiger partial charge in [-0.3, -0.25) is 5.32 Å². The maximum Gasteiger partial charge on any atom is 0.185 e. The van der Waals surface area contributed by atoms with E-state index in [1.54, 1.807) is 79.3 Å². The molecule has 0 radical (unpaired) electrons. The summed E-state index contributed by atoms with van der Waals surface area (Å²) in [6.07, 6.45) is 3.06. The summed E-state index contributed by atoms with van der Waals surface area (Å²) in [5.41, 5.74) is 7.77. The van der Waals surface area contributed by atoms with E-state index in [1.165, 1.54) is 18.0 Å². The second-order valence-corrected chi connectivity index (χ2v) is 8.53. The standard InChI is InChI=1S/C25H22Cl2N6O3/c1-35-21-10-8-17(26)12-19(21)29-14-23(30-28)25(34,16-6-4-3-5-7-16)24-15-33(32-31-24)20-13-18(27)9-11-22(20)36-2/h3-15,28-29,34H,1-2H3/p+1/b23-14-,30-28?. The Labute approximate surface area is 217 Å². The van der Waals surface area contributed by atoms with E-state index in [9.17, 15) is 5.11 Å². The van der Waals surface area contributed by atoms with Crippen molar-refractivity contribution in [3.63, 3.8) is 0 Å². The van der Waals surface area contributed by atoms with Crippen molar-refractivity contribution in [3.05, 3.63) is 106 Å². The molecule has 1 heterocycles. The quantitative estimate of drug-likeness (QED) is 0.218. The monoisotopic (exact) mass is 525 g/mol. The summed E-state index contributed by atoms with van der Waals surface area (Å²) < 4.78 is 12.3. The van der Waals surface area contributed by atoms with Gasteiger partial charge >= 0.3 is 0 Å². The SMILES string of the molecule is COc1ccc(Cl)cc1[NH2+]/C=C(\N=N)C(O)(c1ccccc1)c1cn(-c2cc(Cl)ccc2OC)nn1. The molecule has 1 atom stereocenters. The van der Waals surface area contributed by atoms with E-state index < -0.39 is 5.60 Å². The third-order valence-corrected chi connectivity index (χ3v) is 6.02. The fourth-order valence-corrected chi connectivity index (χ4v) is 4.09. The molecule has 0 aliphatic rings. The van der Waals surface area contributed by atoms with Gasteiger partial charge < -0.3 is 14.6 Å². The highest BCUT2D eigenvalue weighted by molar-refractivity contribution is 6.31. The fraction of sp³-hybridized carbons (Fsp3) is 0.120. The molecule has 0 aliphatic carbocycles. The summed E-state index contributed by atoms with van der Waals surface area (Å²) in [4.78, 5) is 0. The minimum absolute atomic E-state index is 0.000776. The number of aliphatic hydroxyl groups is 1. The number of halogens is 2. The number of rotatable bonds is 9. The smallest absolute Gasteiger partial charge is 0.185 e. The number of quaternary nitrogens is 1. The van der Waals surface area contributed by atoms with Crippen molar-refractivity contribution in [2.24, 2.45) is 5.11 Å². The second kappa shape index (κ2) is 10.9. The molecule has 0 aliphatic heterocycles. The van der Waals surface area contributed by atoms with E-state index in [-0.39, 0.29) is 11.4 Å². The molecular formula is C25H23Cl2N6O3+. The second-order valence-electron chi connectivity index (χ2n) is 7.66. The van der Waals surface area contributed by atoms with E-state index in [2.05, 4.69) is 15.4 Å². The van der Waals surface area contributed by atoms with Gasteiger partial charge in [0.15, 0.2) is 22.7 Å². The van der Waals surface area contributed by atoms with E-state index in [1.807, 2.05) is 6.07 Å². The van der Waals surface area contributed by atoms with Crippen LogP contribution in [0.15, 0.2) is 89.9 Å². The van der Waals surface area contributed by atoms with Crippen molar-refractivity contribution in [1.29, 1.82) is 5.53 Å². The first-order valence-corrected chi connectivity index (χ1v) is 11.5. The first-order chi connectivity index (χ1) is 17.4. The van der Waals surface area contributed by atoms with Gasteiger partial charge in [-0.1, -0.05) is 58.7 Å². The molecule has 0 amide bonds.